The molecule has 0 spiro atoms. The molecular formula is C28H29FN2O3. The average Bonchev–Trinajstić information content (AvgIpc) is 2.87. The Morgan fingerprint density at radius 1 is 1.03 bits per heavy atom. The molecule has 0 saturated heterocycles. The van der Waals surface area contributed by atoms with Crippen LogP contribution in [0.2, 0.25) is 0 Å². The third-order valence-electron chi connectivity index (χ3n) is 6.27. The van der Waals surface area contributed by atoms with Gasteiger partial charge in [0.25, 0.3) is 5.91 Å². The summed E-state index contributed by atoms with van der Waals surface area (Å²) >= 11 is 0. The highest BCUT2D eigenvalue weighted by Gasteiger charge is 2.44. The van der Waals surface area contributed by atoms with Crippen molar-refractivity contribution < 1.29 is 18.7 Å². The van der Waals surface area contributed by atoms with Gasteiger partial charge in [-0.1, -0.05) is 55.8 Å². The van der Waals surface area contributed by atoms with E-state index in [2.05, 4.69) is 12.2 Å². The molecule has 1 heterocycles. The highest BCUT2D eigenvalue weighted by atomic mass is 19.1. The first-order valence-corrected chi connectivity index (χ1v) is 11.6. The molecule has 34 heavy (non-hydrogen) atoms. The van der Waals surface area contributed by atoms with Crippen LogP contribution in [-0.4, -0.2) is 30.4 Å². The number of amides is 2. The molecule has 5 nitrogen and oxygen atoms in total. The van der Waals surface area contributed by atoms with Crippen LogP contribution in [-0.2, 0) is 11.3 Å². The van der Waals surface area contributed by atoms with Crippen molar-refractivity contribution in [1.82, 2.24) is 10.2 Å². The Bertz CT molecular complexity index is 1150. The Balaban J connectivity index is 1.82. The van der Waals surface area contributed by atoms with Crippen molar-refractivity contribution in [2.45, 2.75) is 38.3 Å². The fourth-order valence-corrected chi connectivity index (χ4v) is 4.51. The van der Waals surface area contributed by atoms with Gasteiger partial charge in [-0.3, -0.25) is 9.59 Å². The maximum absolute atomic E-state index is 13.7. The van der Waals surface area contributed by atoms with Crippen molar-refractivity contribution in [3.8, 4) is 5.75 Å². The second-order valence-corrected chi connectivity index (χ2v) is 8.49. The normalized spacial score (nSPS) is 17.3. The quantitative estimate of drug-likeness (QED) is 0.468. The number of halogens is 1. The van der Waals surface area contributed by atoms with Crippen LogP contribution in [0.3, 0.4) is 0 Å². The first kappa shape index (κ1) is 23.5. The lowest BCUT2D eigenvalue weighted by molar-refractivity contribution is -0.124. The van der Waals surface area contributed by atoms with Gasteiger partial charge in [-0.25, -0.2) is 4.39 Å². The van der Waals surface area contributed by atoms with Crippen LogP contribution in [0.4, 0.5) is 4.39 Å². The zero-order valence-electron chi connectivity index (χ0n) is 19.5. The van der Waals surface area contributed by atoms with E-state index >= 15 is 0 Å². The molecule has 0 unspecified atom stereocenters. The molecular weight excluding hydrogens is 431 g/mol. The lowest BCUT2D eigenvalue weighted by Gasteiger charge is -2.42. The zero-order chi connectivity index (χ0) is 24.1. The Morgan fingerprint density at radius 3 is 2.41 bits per heavy atom. The summed E-state index contributed by atoms with van der Waals surface area (Å²) in [5.74, 6) is -0.490. The molecule has 1 N–H and O–H groups in total. The van der Waals surface area contributed by atoms with Crippen LogP contribution in [0.5, 0.6) is 5.75 Å². The highest BCUT2D eigenvalue weighted by molar-refractivity contribution is 6.01. The van der Waals surface area contributed by atoms with E-state index in [4.69, 9.17) is 4.74 Å². The second-order valence-electron chi connectivity index (χ2n) is 8.49. The molecule has 4 rings (SSSR count). The van der Waals surface area contributed by atoms with Gasteiger partial charge in [0.2, 0.25) is 5.91 Å². The van der Waals surface area contributed by atoms with Crippen molar-refractivity contribution in [3.05, 3.63) is 101 Å². The molecule has 2 amide bonds. The number of nitrogens with one attached hydrogen (secondary N) is 1. The molecule has 2 atom stereocenters. The number of methoxy groups -OCH3 is 1. The van der Waals surface area contributed by atoms with Gasteiger partial charge in [0.1, 0.15) is 11.6 Å². The van der Waals surface area contributed by atoms with Crippen LogP contribution in [0.1, 0.15) is 58.8 Å². The fourth-order valence-electron chi connectivity index (χ4n) is 4.51. The summed E-state index contributed by atoms with van der Waals surface area (Å²) in [6.45, 7) is 2.91. The summed E-state index contributed by atoms with van der Waals surface area (Å²) in [5.41, 5.74) is 2.86. The summed E-state index contributed by atoms with van der Waals surface area (Å²) in [6.07, 6.45) is 1.85. The van der Waals surface area contributed by atoms with Gasteiger partial charge in [0.05, 0.1) is 19.1 Å². The van der Waals surface area contributed by atoms with E-state index in [0.717, 1.165) is 29.5 Å². The average molecular weight is 461 g/mol. The number of hydrogen-bond acceptors (Lipinski definition) is 3. The molecule has 0 bridgehead atoms. The maximum atomic E-state index is 13.7. The predicted octanol–water partition coefficient (Wildman–Crippen LogP) is 5.23. The molecule has 3 aromatic carbocycles. The van der Waals surface area contributed by atoms with Gasteiger partial charge in [-0.05, 0) is 53.4 Å². The summed E-state index contributed by atoms with van der Waals surface area (Å²) in [4.78, 5) is 29.0. The van der Waals surface area contributed by atoms with E-state index in [1.54, 1.807) is 30.2 Å². The van der Waals surface area contributed by atoms with Gasteiger partial charge >= 0.3 is 0 Å². The highest BCUT2D eigenvalue weighted by Crippen LogP contribution is 2.44. The van der Waals surface area contributed by atoms with Gasteiger partial charge in [0.15, 0.2) is 0 Å². The summed E-state index contributed by atoms with van der Waals surface area (Å²) in [5, 5.41) is 3.07. The van der Waals surface area contributed by atoms with E-state index in [0.29, 0.717) is 17.9 Å². The fraction of sp³-hybridized carbons (Fsp3) is 0.286. The smallest absolute Gasteiger partial charge is 0.255 e. The van der Waals surface area contributed by atoms with Crippen molar-refractivity contribution in [3.63, 3.8) is 0 Å². The Hall–Kier alpha value is -3.67. The van der Waals surface area contributed by atoms with E-state index < -0.39 is 12.0 Å². The van der Waals surface area contributed by atoms with Crippen LogP contribution in [0.15, 0.2) is 72.8 Å². The van der Waals surface area contributed by atoms with E-state index in [-0.39, 0.29) is 24.2 Å². The van der Waals surface area contributed by atoms with E-state index in [1.807, 2.05) is 42.5 Å². The van der Waals surface area contributed by atoms with Gasteiger partial charge in [0, 0.05) is 18.7 Å². The number of rotatable bonds is 8. The Kier molecular flexibility index (Phi) is 7.26. The number of unbranched alkanes of at least 4 members (excludes halogenated alkanes) is 1. The maximum Gasteiger partial charge on any atom is 0.255 e. The minimum Gasteiger partial charge on any atom is -0.497 e. The molecule has 0 saturated carbocycles. The van der Waals surface area contributed by atoms with E-state index in [9.17, 15) is 14.0 Å². The van der Waals surface area contributed by atoms with Gasteiger partial charge in [-0.2, -0.15) is 0 Å². The van der Waals surface area contributed by atoms with Gasteiger partial charge in [-0.15, -0.1) is 0 Å². The first-order valence-electron chi connectivity index (χ1n) is 11.6. The molecule has 0 radical (unpaired) electrons. The van der Waals surface area contributed by atoms with Crippen molar-refractivity contribution in [2.75, 3.05) is 13.7 Å². The topological polar surface area (TPSA) is 58.6 Å². The number of nitrogens with zero attached hydrogens (tertiary/aromatic N) is 1. The minimum absolute atomic E-state index is 0.113. The summed E-state index contributed by atoms with van der Waals surface area (Å²) in [7, 11) is 1.60. The summed E-state index contributed by atoms with van der Waals surface area (Å²) in [6, 6.07) is 20.4. The van der Waals surface area contributed by atoms with E-state index in [1.165, 1.54) is 12.1 Å². The van der Waals surface area contributed by atoms with Crippen molar-refractivity contribution in [1.29, 1.82) is 0 Å². The summed E-state index contributed by atoms with van der Waals surface area (Å²) < 4.78 is 18.8. The zero-order valence-corrected chi connectivity index (χ0v) is 19.5. The minimum atomic E-state index is -0.584. The molecule has 3 aromatic rings. The standard InChI is InChI=1S/C28H29FN2O3/c1-3-4-17-30-27(32)25-23-7-5-6-8-24(23)28(33)31(18-19-9-13-21(29)14-10-19)26(25)20-11-15-22(34-2)16-12-20/h5-16,25-26H,3-4,17-18H2,1-2H3,(H,30,32)/t25-,26-/m0/s1. The first-order chi connectivity index (χ1) is 16.5. The van der Waals surface area contributed by atoms with Crippen LogP contribution >= 0.6 is 0 Å². The number of carbonyl (C=O) groups is 2. The van der Waals surface area contributed by atoms with Gasteiger partial charge < -0.3 is 15.0 Å². The van der Waals surface area contributed by atoms with Crippen LogP contribution < -0.4 is 10.1 Å². The monoisotopic (exact) mass is 460 g/mol. The number of ether oxygens (including phenoxy) is 1. The molecule has 0 fully saturated rings. The molecule has 0 aromatic heterocycles. The number of carbonyl (C=O) groups excluding carboxylic acids is 2. The number of hydrogen-bond donors (Lipinski definition) is 1. The molecule has 1 aliphatic rings. The molecule has 1 aliphatic heterocycles. The van der Waals surface area contributed by atoms with Crippen LogP contribution in [0, 0.1) is 5.82 Å². The van der Waals surface area contributed by atoms with Crippen molar-refractivity contribution in [2.24, 2.45) is 0 Å². The number of benzene rings is 3. The Morgan fingerprint density at radius 2 is 1.74 bits per heavy atom. The predicted molar refractivity (Wildman–Crippen MR) is 129 cm³/mol. The third-order valence-corrected chi connectivity index (χ3v) is 6.27. The SMILES string of the molecule is CCCCNC(=O)[C@H]1c2ccccc2C(=O)N(Cc2ccc(F)cc2)[C@H]1c1ccc(OC)cc1. The molecule has 176 valence electrons. The Labute approximate surface area is 199 Å². The largest absolute Gasteiger partial charge is 0.497 e. The van der Waals surface area contributed by atoms with Crippen molar-refractivity contribution >= 4 is 11.8 Å². The molecule has 6 heteroatoms. The lowest BCUT2D eigenvalue weighted by atomic mass is 9.79. The molecule has 0 aliphatic carbocycles. The lowest BCUT2D eigenvalue weighted by Crippen LogP contribution is -2.47. The van der Waals surface area contributed by atoms with Crippen LogP contribution in [0.25, 0.3) is 0 Å². The second kappa shape index (κ2) is 10.5. The third kappa shape index (κ3) is 4.81. The number of fused-ring (bicyclic) bond motifs is 1.